The quantitative estimate of drug-likeness (QED) is 0.908. The Balaban J connectivity index is 1.55. The van der Waals surface area contributed by atoms with Crippen LogP contribution in [0.2, 0.25) is 0 Å². The van der Waals surface area contributed by atoms with E-state index in [9.17, 15) is 0 Å². The van der Waals surface area contributed by atoms with Gasteiger partial charge in [0.15, 0.2) is 5.82 Å². The number of hydrogen-bond donors (Lipinski definition) is 2. The first-order chi connectivity index (χ1) is 9.24. The molecule has 0 spiro atoms. The van der Waals surface area contributed by atoms with Crippen LogP contribution in [0.15, 0.2) is 28.7 Å². The van der Waals surface area contributed by atoms with E-state index in [0.717, 1.165) is 18.7 Å². The first-order valence-electron chi connectivity index (χ1n) is 6.48. The van der Waals surface area contributed by atoms with Gasteiger partial charge < -0.3 is 5.32 Å². The summed E-state index contributed by atoms with van der Waals surface area (Å²) in [4.78, 5) is 0. The van der Waals surface area contributed by atoms with E-state index in [-0.39, 0.29) is 6.04 Å². The SMILES string of the molecule is CC(NC1CC(c2ccccc2Br)C1)c1nn[nH]n1. The summed E-state index contributed by atoms with van der Waals surface area (Å²) in [7, 11) is 0. The Morgan fingerprint density at radius 1 is 1.37 bits per heavy atom. The van der Waals surface area contributed by atoms with Crippen LogP contribution in [0.4, 0.5) is 0 Å². The molecular weight excluding hydrogens is 306 g/mol. The summed E-state index contributed by atoms with van der Waals surface area (Å²) in [5, 5.41) is 17.6. The fourth-order valence-corrected chi connectivity index (χ4v) is 3.20. The summed E-state index contributed by atoms with van der Waals surface area (Å²) in [6.07, 6.45) is 2.32. The van der Waals surface area contributed by atoms with E-state index in [2.05, 4.69) is 73.1 Å². The summed E-state index contributed by atoms with van der Waals surface area (Å²) in [6.45, 7) is 2.07. The highest BCUT2D eigenvalue weighted by atomic mass is 79.9. The van der Waals surface area contributed by atoms with Crippen LogP contribution < -0.4 is 5.32 Å². The van der Waals surface area contributed by atoms with Gasteiger partial charge in [0.1, 0.15) is 0 Å². The number of H-pyrrole nitrogens is 1. The molecule has 0 saturated heterocycles. The van der Waals surface area contributed by atoms with Crippen molar-refractivity contribution >= 4 is 15.9 Å². The number of rotatable bonds is 4. The number of nitrogens with one attached hydrogen (secondary N) is 2. The zero-order valence-corrected chi connectivity index (χ0v) is 12.3. The molecule has 0 radical (unpaired) electrons. The van der Waals surface area contributed by atoms with E-state index in [1.807, 2.05) is 0 Å². The summed E-state index contributed by atoms with van der Waals surface area (Å²) < 4.78 is 1.21. The second kappa shape index (κ2) is 5.38. The van der Waals surface area contributed by atoms with E-state index < -0.39 is 0 Å². The maximum atomic E-state index is 4.00. The molecule has 19 heavy (non-hydrogen) atoms. The fourth-order valence-electron chi connectivity index (χ4n) is 2.60. The summed E-state index contributed by atoms with van der Waals surface area (Å²) in [6, 6.07) is 9.14. The summed E-state index contributed by atoms with van der Waals surface area (Å²) in [5.74, 6) is 1.37. The minimum atomic E-state index is 0.143. The molecule has 0 bridgehead atoms. The van der Waals surface area contributed by atoms with Crippen LogP contribution in [-0.4, -0.2) is 26.7 Å². The van der Waals surface area contributed by atoms with Gasteiger partial charge in [-0.2, -0.15) is 5.21 Å². The molecule has 1 aromatic carbocycles. The Morgan fingerprint density at radius 3 is 2.84 bits per heavy atom. The topological polar surface area (TPSA) is 66.5 Å². The van der Waals surface area contributed by atoms with Gasteiger partial charge in [-0.15, -0.1) is 10.2 Å². The molecule has 1 aromatic heterocycles. The van der Waals surface area contributed by atoms with Gasteiger partial charge in [0.25, 0.3) is 0 Å². The third-order valence-corrected chi connectivity index (χ3v) is 4.44. The molecule has 1 aliphatic carbocycles. The summed E-state index contributed by atoms with van der Waals surface area (Å²) in [5.41, 5.74) is 1.41. The standard InChI is InChI=1S/C13H16BrN5/c1-8(13-16-18-19-17-13)15-10-6-9(7-10)11-4-2-3-5-12(11)14/h2-5,8-10,15H,6-7H2,1H3,(H,16,17,18,19). The van der Waals surface area contributed by atoms with Crippen molar-refractivity contribution < 1.29 is 0 Å². The van der Waals surface area contributed by atoms with Crippen LogP contribution in [0.3, 0.4) is 0 Å². The maximum absolute atomic E-state index is 4.00. The fraction of sp³-hybridized carbons (Fsp3) is 0.462. The Labute approximate surface area is 120 Å². The second-order valence-corrected chi connectivity index (χ2v) is 5.90. The smallest absolute Gasteiger partial charge is 0.191 e. The Bertz CT molecular complexity index is 536. The van der Waals surface area contributed by atoms with Crippen molar-refractivity contribution in [1.29, 1.82) is 0 Å². The van der Waals surface area contributed by atoms with Crippen molar-refractivity contribution in [3.63, 3.8) is 0 Å². The van der Waals surface area contributed by atoms with Gasteiger partial charge in [0.05, 0.1) is 6.04 Å². The highest BCUT2D eigenvalue weighted by Gasteiger charge is 2.32. The molecule has 1 saturated carbocycles. The third-order valence-electron chi connectivity index (χ3n) is 3.72. The lowest BCUT2D eigenvalue weighted by molar-refractivity contribution is 0.267. The predicted octanol–water partition coefficient (Wildman–Crippen LogP) is 2.56. The molecule has 1 fully saturated rings. The van der Waals surface area contributed by atoms with E-state index in [4.69, 9.17) is 0 Å². The van der Waals surface area contributed by atoms with E-state index in [1.165, 1.54) is 10.0 Å². The van der Waals surface area contributed by atoms with Gasteiger partial charge in [-0.1, -0.05) is 39.3 Å². The molecule has 100 valence electrons. The Hall–Kier alpha value is -1.27. The van der Waals surface area contributed by atoms with Crippen molar-refractivity contribution in [2.24, 2.45) is 0 Å². The van der Waals surface area contributed by atoms with Crippen LogP contribution in [0.1, 0.15) is 43.1 Å². The Kier molecular flexibility index (Phi) is 3.61. The van der Waals surface area contributed by atoms with Crippen molar-refractivity contribution in [3.8, 4) is 0 Å². The van der Waals surface area contributed by atoms with Crippen molar-refractivity contribution in [2.75, 3.05) is 0 Å². The van der Waals surface area contributed by atoms with Crippen LogP contribution in [0.25, 0.3) is 0 Å². The normalized spacial score (nSPS) is 23.9. The molecule has 6 heteroatoms. The molecule has 0 aliphatic heterocycles. The largest absolute Gasteiger partial charge is 0.305 e. The van der Waals surface area contributed by atoms with Gasteiger partial charge in [-0.05, 0) is 37.3 Å². The highest BCUT2D eigenvalue weighted by Crippen LogP contribution is 2.40. The first kappa shape index (κ1) is 12.7. The average molecular weight is 322 g/mol. The molecule has 3 rings (SSSR count). The monoisotopic (exact) mass is 321 g/mol. The molecule has 2 N–H and O–H groups in total. The van der Waals surface area contributed by atoms with Gasteiger partial charge in [-0.25, -0.2) is 0 Å². The molecule has 5 nitrogen and oxygen atoms in total. The lowest BCUT2D eigenvalue weighted by Gasteiger charge is -2.38. The predicted molar refractivity (Wildman–Crippen MR) is 75.6 cm³/mol. The number of hydrogen-bond acceptors (Lipinski definition) is 4. The Morgan fingerprint density at radius 2 is 2.16 bits per heavy atom. The van der Waals surface area contributed by atoms with E-state index in [1.54, 1.807) is 0 Å². The first-order valence-corrected chi connectivity index (χ1v) is 7.27. The van der Waals surface area contributed by atoms with Gasteiger partial charge >= 0.3 is 0 Å². The van der Waals surface area contributed by atoms with Gasteiger partial charge in [-0.3, -0.25) is 0 Å². The van der Waals surface area contributed by atoms with Crippen molar-refractivity contribution in [3.05, 3.63) is 40.1 Å². The zero-order valence-electron chi connectivity index (χ0n) is 10.7. The highest BCUT2D eigenvalue weighted by molar-refractivity contribution is 9.10. The number of nitrogens with zero attached hydrogens (tertiary/aromatic N) is 3. The zero-order chi connectivity index (χ0) is 13.2. The molecular formula is C13H16BrN5. The molecule has 1 aliphatic rings. The number of benzene rings is 1. The minimum Gasteiger partial charge on any atom is -0.305 e. The number of aromatic nitrogens is 4. The third kappa shape index (κ3) is 2.69. The average Bonchev–Trinajstić information content (AvgIpc) is 2.88. The summed E-state index contributed by atoms with van der Waals surface area (Å²) >= 11 is 3.62. The van der Waals surface area contributed by atoms with Crippen LogP contribution in [-0.2, 0) is 0 Å². The van der Waals surface area contributed by atoms with Crippen LogP contribution in [0, 0.1) is 0 Å². The number of tetrazole rings is 1. The van der Waals surface area contributed by atoms with E-state index >= 15 is 0 Å². The number of halogens is 1. The molecule has 1 unspecified atom stereocenters. The molecule has 1 atom stereocenters. The molecule has 2 aromatic rings. The minimum absolute atomic E-state index is 0.143. The second-order valence-electron chi connectivity index (χ2n) is 5.05. The number of aromatic amines is 1. The molecule has 1 heterocycles. The van der Waals surface area contributed by atoms with Crippen LogP contribution >= 0.6 is 15.9 Å². The lowest BCUT2D eigenvalue weighted by atomic mass is 9.75. The maximum Gasteiger partial charge on any atom is 0.191 e. The van der Waals surface area contributed by atoms with Gasteiger partial charge in [0, 0.05) is 10.5 Å². The van der Waals surface area contributed by atoms with Crippen molar-refractivity contribution in [1.82, 2.24) is 25.9 Å². The lowest BCUT2D eigenvalue weighted by Crippen LogP contribution is -2.41. The van der Waals surface area contributed by atoms with Crippen LogP contribution in [0.5, 0.6) is 0 Å². The van der Waals surface area contributed by atoms with E-state index in [0.29, 0.717) is 12.0 Å². The van der Waals surface area contributed by atoms with Crippen molar-refractivity contribution in [2.45, 2.75) is 37.8 Å². The molecule has 0 amide bonds. The van der Waals surface area contributed by atoms with Gasteiger partial charge in [0.2, 0.25) is 0 Å².